The maximum absolute atomic E-state index is 12.8. The molecule has 9 heteroatoms. The minimum atomic E-state index is -0.361. The fourth-order valence-electron chi connectivity index (χ4n) is 3.28. The third kappa shape index (κ3) is 5.45. The summed E-state index contributed by atoms with van der Waals surface area (Å²) in [6.45, 7) is -0.132. The third-order valence-corrected chi connectivity index (χ3v) is 5.02. The number of amides is 1. The van der Waals surface area contributed by atoms with Gasteiger partial charge >= 0.3 is 0 Å². The minimum Gasteiger partial charge on any atom is -0.497 e. The van der Waals surface area contributed by atoms with Crippen LogP contribution in [0.25, 0.3) is 5.69 Å². The molecule has 0 aliphatic heterocycles. The van der Waals surface area contributed by atoms with Gasteiger partial charge in [-0.3, -0.25) is 4.79 Å². The summed E-state index contributed by atoms with van der Waals surface area (Å²) < 4.78 is 17.7. The lowest BCUT2D eigenvalue weighted by atomic mass is 9.98. The standard InChI is InChI=1S/C24H23N5O4/c1-31-20-9-3-17(4-10-20)24(18-5-11-21(32-2)12-6-18)26-23(30)15-33-22-13-7-19(8-14-22)29-16-25-27-28-29/h3-14,16,24H,15H2,1-2H3,(H,26,30). The van der Waals surface area contributed by atoms with Gasteiger partial charge in [0.2, 0.25) is 0 Å². The van der Waals surface area contributed by atoms with Gasteiger partial charge in [0.15, 0.2) is 6.61 Å². The summed E-state index contributed by atoms with van der Waals surface area (Å²) in [5, 5.41) is 14.1. The Balaban J connectivity index is 1.44. The second-order valence-corrected chi connectivity index (χ2v) is 7.08. The van der Waals surface area contributed by atoms with Crippen LogP contribution in [0, 0.1) is 0 Å². The fourth-order valence-corrected chi connectivity index (χ4v) is 3.28. The zero-order valence-corrected chi connectivity index (χ0v) is 18.2. The van der Waals surface area contributed by atoms with Crippen molar-refractivity contribution >= 4 is 5.91 Å². The van der Waals surface area contributed by atoms with Crippen molar-refractivity contribution in [1.82, 2.24) is 25.5 Å². The monoisotopic (exact) mass is 445 g/mol. The minimum absolute atomic E-state index is 0.132. The number of rotatable bonds is 9. The van der Waals surface area contributed by atoms with Crippen molar-refractivity contribution in [3.63, 3.8) is 0 Å². The molecular weight excluding hydrogens is 422 g/mol. The van der Waals surface area contributed by atoms with Crippen LogP contribution in [0.3, 0.4) is 0 Å². The van der Waals surface area contributed by atoms with Gasteiger partial charge in [0.25, 0.3) is 5.91 Å². The van der Waals surface area contributed by atoms with Crippen molar-refractivity contribution in [3.8, 4) is 22.9 Å². The normalized spacial score (nSPS) is 10.6. The number of benzene rings is 3. The lowest BCUT2D eigenvalue weighted by molar-refractivity contribution is -0.123. The van der Waals surface area contributed by atoms with Crippen LogP contribution >= 0.6 is 0 Å². The van der Waals surface area contributed by atoms with Gasteiger partial charge in [-0.05, 0) is 70.1 Å². The Kier molecular flexibility index (Phi) is 6.79. The highest BCUT2D eigenvalue weighted by atomic mass is 16.5. The second-order valence-electron chi connectivity index (χ2n) is 7.08. The van der Waals surface area contributed by atoms with Crippen molar-refractivity contribution in [2.24, 2.45) is 0 Å². The Bertz CT molecular complexity index is 1110. The van der Waals surface area contributed by atoms with Gasteiger partial charge in [0.1, 0.15) is 23.6 Å². The number of tetrazole rings is 1. The van der Waals surface area contributed by atoms with Crippen molar-refractivity contribution in [2.45, 2.75) is 6.04 Å². The van der Waals surface area contributed by atoms with Gasteiger partial charge in [-0.15, -0.1) is 5.10 Å². The van der Waals surface area contributed by atoms with Gasteiger partial charge in [0.05, 0.1) is 25.9 Å². The third-order valence-electron chi connectivity index (χ3n) is 5.02. The van der Waals surface area contributed by atoms with Crippen molar-refractivity contribution in [2.75, 3.05) is 20.8 Å². The van der Waals surface area contributed by atoms with E-state index in [4.69, 9.17) is 14.2 Å². The Hall–Kier alpha value is -4.40. The molecule has 1 heterocycles. The van der Waals surface area contributed by atoms with Gasteiger partial charge in [0, 0.05) is 0 Å². The predicted octanol–water partition coefficient (Wildman–Crippen LogP) is 2.96. The molecule has 0 saturated carbocycles. The molecule has 9 nitrogen and oxygen atoms in total. The number of ether oxygens (including phenoxy) is 3. The first kappa shape index (κ1) is 21.8. The molecule has 0 aliphatic rings. The summed E-state index contributed by atoms with van der Waals surface area (Å²) in [4.78, 5) is 12.8. The average molecular weight is 445 g/mol. The zero-order chi connectivity index (χ0) is 23.0. The molecule has 1 N–H and O–H groups in total. The van der Waals surface area contributed by atoms with E-state index in [-0.39, 0.29) is 18.6 Å². The lowest BCUT2D eigenvalue weighted by Crippen LogP contribution is -2.33. The highest BCUT2D eigenvalue weighted by molar-refractivity contribution is 5.78. The van der Waals surface area contributed by atoms with Crippen LogP contribution in [-0.2, 0) is 4.79 Å². The Morgan fingerprint density at radius 2 is 1.39 bits per heavy atom. The Morgan fingerprint density at radius 1 is 0.848 bits per heavy atom. The van der Waals surface area contributed by atoms with Crippen LogP contribution in [0.5, 0.6) is 17.2 Å². The lowest BCUT2D eigenvalue weighted by Gasteiger charge is -2.20. The average Bonchev–Trinajstić information content (AvgIpc) is 3.42. The highest BCUT2D eigenvalue weighted by Gasteiger charge is 2.18. The topological polar surface area (TPSA) is 100 Å². The van der Waals surface area contributed by atoms with Crippen molar-refractivity contribution in [3.05, 3.63) is 90.3 Å². The maximum Gasteiger partial charge on any atom is 0.258 e. The molecule has 3 aromatic carbocycles. The zero-order valence-electron chi connectivity index (χ0n) is 18.2. The van der Waals surface area contributed by atoms with E-state index in [9.17, 15) is 4.79 Å². The molecule has 0 unspecified atom stereocenters. The molecule has 0 saturated heterocycles. The SMILES string of the molecule is COc1ccc(C(NC(=O)COc2ccc(-n3cnnn3)cc2)c2ccc(OC)cc2)cc1. The van der Waals surface area contributed by atoms with E-state index in [0.717, 1.165) is 28.3 Å². The molecule has 4 aromatic rings. The molecule has 4 rings (SSSR count). The molecule has 0 bridgehead atoms. The highest BCUT2D eigenvalue weighted by Crippen LogP contribution is 2.26. The first-order chi connectivity index (χ1) is 16.2. The van der Waals surface area contributed by atoms with Crippen LogP contribution in [0.4, 0.5) is 0 Å². The molecule has 0 fully saturated rings. The van der Waals surface area contributed by atoms with E-state index < -0.39 is 0 Å². The van der Waals surface area contributed by atoms with Gasteiger partial charge in [-0.1, -0.05) is 24.3 Å². The van der Waals surface area contributed by atoms with Crippen LogP contribution in [0.15, 0.2) is 79.1 Å². The maximum atomic E-state index is 12.8. The molecule has 1 aromatic heterocycles. The van der Waals surface area contributed by atoms with Crippen LogP contribution in [0.2, 0.25) is 0 Å². The smallest absolute Gasteiger partial charge is 0.258 e. The number of aromatic nitrogens is 4. The van der Waals surface area contributed by atoms with Gasteiger partial charge < -0.3 is 19.5 Å². The fraction of sp³-hybridized carbons (Fsp3) is 0.167. The number of carbonyl (C=O) groups is 1. The first-order valence-corrected chi connectivity index (χ1v) is 10.2. The predicted molar refractivity (Wildman–Crippen MR) is 121 cm³/mol. The number of hydrogen-bond acceptors (Lipinski definition) is 7. The van der Waals surface area contributed by atoms with E-state index in [2.05, 4.69) is 20.8 Å². The van der Waals surface area contributed by atoms with E-state index >= 15 is 0 Å². The summed E-state index contributed by atoms with van der Waals surface area (Å²) in [6.07, 6.45) is 1.50. The summed E-state index contributed by atoms with van der Waals surface area (Å²) in [6, 6.07) is 21.9. The Labute approximate surface area is 190 Å². The summed E-state index contributed by atoms with van der Waals surface area (Å²) >= 11 is 0. The van der Waals surface area contributed by atoms with Crippen LogP contribution < -0.4 is 19.5 Å². The summed E-state index contributed by atoms with van der Waals surface area (Å²) in [5.41, 5.74) is 2.62. The van der Waals surface area contributed by atoms with Crippen molar-refractivity contribution < 1.29 is 19.0 Å². The Morgan fingerprint density at radius 3 is 1.88 bits per heavy atom. The molecule has 0 radical (unpaired) electrons. The molecule has 33 heavy (non-hydrogen) atoms. The van der Waals surface area contributed by atoms with E-state index in [1.54, 1.807) is 38.5 Å². The number of methoxy groups -OCH3 is 2. The first-order valence-electron chi connectivity index (χ1n) is 10.2. The molecule has 0 atom stereocenters. The molecule has 1 amide bonds. The molecule has 168 valence electrons. The largest absolute Gasteiger partial charge is 0.497 e. The van der Waals surface area contributed by atoms with Crippen LogP contribution in [0.1, 0.15) is 17.2 Å². The van der Waals surface area contributed by atoms with E-state index in [1.165, 1.54) is 11.0 Å². The van der Waals surface area contributed by atoms with E-state index in [0.29, 0.717) is 5.75 Å². The molecule has 0 spiro atoms. The molecular formula is C24H23N5O4. The molecule has 0 aliphatic carbocycles. The number of hydrogen-bond donors (Lipinski definition) is 1. The second kappa shape index (κ2) is 10.3. The van der Waals surface area contributed by atoms with Gasteiger partial charge in [-0.25, -0.2) is 4.68 Å². The summed E-state index contributed by atoms with van der Waals surface area (Å²) in [5.74, 6) is 1.79. The summed E-state index contributed by atoms with van der Waals surface area (Å²) in [7, 11) is 3.23. The number of carbonyl (C=O) groups excluding carboxylic acids is 1. The van der Waals surface area contributed by atoms with E-state index in [1.807, 2.05) is 48.5 Å². The van der Waals surface area contributed by atoms with Crippen molar-refractivity contribution in [1.29, 1.82) is 0 Å². The number of nitrogens with zero attached hydrogens (tertiary/aromatic N) is 4. The quantitative estimate of drug-likeness (QED) is 0.423. The van der Waals surface area contributed by atoms with Gasteiger partial charge in [-0.2, -0.15) is 0 Å². The van der Waals surface area contributed by atoms with Crippen LogP contribution in [-0.4, -0.2) is 46.9 Å². The number of nitrogens with one attached hydrogen (secondary N) is 1.